The first kappa shape index (κ1) is 16.2. The Kier molecular flexibility index (Phi) is 3.64. The van der Waals surface area contributed by atoms with Crippen molar-refractivity contribution in [3.05, 3.63) is 52.3 Å². The van der Waals surface area contributed by atoms with E-state index in [1.54, 1.807) is 19.2 Å². The zero-order chi connectivity index (χ0) is 17.8. The molecule has 2 aromatic rings. The van der Waals surface area contributed by atoms with Gasteiger partial charge in [0.05, 0.1) is 18.8 Å². The van der Waals surface area contributed by atoms with Crippen molar-refractivity contribution in [2.24, 2.45) is 0 Å². The number of urea groups is 1. The molecule has 4 rings (SSSR count). The molecular formula is C18H16BrFN2O3. The SMILES string of the molecule is COc1cc(Br)cc2c1O[C@@]1(C)C[C@H]2NC(=O)N1c1cccc(F)c1. The highest BCUT2D eigenvalue weighted by Crippen LogP contribution is 2.50. The van der Waals surface area contributed by atoms with E-state index in [1.165, 1.54) is 17.0 Å². The Morgan fingerprint density at radius 3 is 2.92 bits per heavy atom. The van der Waals surface area contributed by atoms with Gasteiger partial charge in [-0.2, -0.15) is 0 Å². The van der Waals surface area contributed by atoms with E-state index in [0.29, 0.717) is 23.6 Å². The second-order valence-electron chi connectivity index (χ2n) is 6.32. The normalized spacial score (nSPS) is 24.2. The van der Waals surface area contributed by atoms with Crippen LogP contribution in [0.5, 0.6) is 11.5 Å². The molecule has 0 aromatic heterocycles. The first-order valence-corrected chi connectivity index (χ1v) is 8.63. The molecule has 7 heteroatoms. The van der Waals surface area contributed by atoms with Gasteiger partial charge in [0.1, 0.15) is 5.82 Å². The predicted octanol–water partition coefficient (Wildman–Crippen LogP) is 4.37. The topological polar surface area (TPSA) is 50.8 Å². The third kappa shape index (κ3) is 2.54. The van der Waals surface area contributed by atoms with Crippen molar-refractivity contribution < 1.29 is 18.7 Å². The molecule has 0 radical (unpaired) electrons. The molecule has 2 aliphatic heterocycles. The maximum Gasteiger partial charge on any atom is 0.325 e. The van der Waals surface area contributed by atoms with Gasteiger partial charge in [-0.25, -0.2) is 9.18 Å². The number of hydrogen-bond acceptors (Lipinski definition) is 3. The fourth-order valence-corrected chi connectivity index (χ4v) is 4.01. The van der Waals surface area contributed by atoms with E-state index < -0.39 is 11.5 Å². The van der Waals surface area contributed by atoms with Crippen molar-refractivity contribution in [1.29, 1.82) is 0 Å². The lowest BCUT2D eigenvalue weighted by atomic mass is 9.90. The molecule has 2 aromatic carbocycles. The van der Waals surface area contributed by atoms with Gasteiger partial charge >= 0.3 is 6.03 Å². The minimum atomic E-state index is -0.950. The second-order valence-corrected chi connectivity index (χ2v) is 7.24. The highest BCUT2D eigenvalue weighted by Gasteiger charge is 2.50. The standard InChI is InChI=1S/C18H16BrFN2O3/c1-18-9-14(13-6-10(19)7-15(24-2)16(13)25-18)21-17(23)22(18)12-5-3-4-11(20)8-12/h3-8,14H,9H2,1-2H3,(H,21,23)/t14-,18+/m1/s1. The fourth-order valence-electron chi connectivity index (χ4n) is 3.56. The minimum absolute atomic E-state index is 0.211. The number of methoxy groups -OCH3 is 1. The molecule has 2 amide bonds. The number of halogens is 2. The Morgan fingerprint density at radius 1 is 1.40 bits per heavy atom. The molecule has 25 heavy (non-hydrogen) atoms. The fraction of sp³-hybridized carbons (Fsp3) is 0.278. The van der Waals surface area contributed by atoms with E-state index in [9.17, 15) is 9.18 Å². The Hall–Kier alpha value is -2.28. The zero-order valence-electron chi connectivity index (χ0n) is 13.7. The number of fused-ring (bicyclic) bond motifs is 4. The van der Waals surface area contributed by atoms with Crippen molar-refractivity contribution in [3.63, 3.8) is 0 Å². The third-order valence-corrected chi connectivity index (χ3v) is 5.05. The van der Waals surface area contributed by atoms with E-state index in [2.05, 4.69) is 21.2 Å². The van der Waals surface area contributed by atoms with Crippen LogP contribution in [0.2, 0.25) is 0 Å². The lowest BCUT2D eigenvalue weighted by Crippen LogP contribution is -2.65. The minimum Gasteiger partial charge on any atom is -0.493 e. The van der Waals surface area contributed by atoms with Crippen LogP contribution >= 0.6 is 15.9 Å². The van der Waals surface area contributed by atoms with Gasteiger partial charge in [-0.1, -0.05) is 22.0 Å². The number of nitrogens with zero attached hydrogens (tertiary/aromatic N) is 1. The van der Waals surface area contributed by atoms with E-state index in [0.717, 1.165) is 10.0 Å². The molecule has 2 heterocycles. The van der Waals surface area contributed by atoms with Crippen LogP contribution in [0.1, 0.15) is 24.9 Å². The zero-order valence-corrected chi connectivity index (χ0v) is 15.3. The lowest BCUT2D eigenvalue weighted by molar-refractivity contribution is 0.0349. The van der Waals surface area contributed by atoms with E-state index in [1.807, 2.05) is 19.1 Å². The van der Waals surface area contributed by atoms with Gasteiger partial charge in [-0.05, 0) is 37.3 Å². The Balaban J connectivity index is 1.84. The molecule has 0 unspecified atom stereocenters. The summed E-state index contributed by atoms with van der Waals surface area (Å²) in [6.07, 6.45) is 0.530. The van der Waals surface area contributed by atoms with Crippen LogP contribution in [0.25, 0.3) is 0 Å². The number of carbonyl (C=O) groups is 1. The quantitative estimate of drug-likeness (QED) is 0.805. The summed E-state index contributed by atoms with van der Waals surface area (Å²) in [5.41, 5.74) is 0.350. The van der Waals surface area contributed by atoms with Crippen molar-refractivity contribution in [3.8, 4) is 11.5 Å². The summed E-state index contributed by atoms with van der Waals surface area (Å²) in [4.78, 5) is 14.2. The molecule has 2 atom stereocenters. The van der Waals surface area contributed by atoms with E-state index in [-0.39, 0.29) is 12.1 Å². The van der Waals surface area contributed by atoms with Gasteiger partial charge in [-0.15, -0.1) is 0 Å². The van der Waals surface area contributed by atoms with Crippen molar-refractivity contribution >= 4 is 27.6 Å². The first-order chi connectivity index (χ1) is 11.9. The van der Waals surface area contributed by atoms with Crippen LogP contribution < -0.4 is 19.7 Å². The van der Waals surface area contributed by atoms with Gasteiger partial charge in [-0.3, -0.25) is 4.90 Å². The Morgan fingerprint density at radius 2 is 2.20 bits per heavy atom. The van der Waals surface area contributed by atoms with Crippen LogP contribution in [0, 0.1) is 5.82 Å². The number of amides is 2. The molecule has 1 fully saturated rings. The number of nitrogens with one attached hydrogen (secondary N) is 1. The molecule has 2 aliphatic rings. The van der Waals surface area contributed by atoms with Crippen molar-refractivity contribution in [2.45, 2.75) is 25.1 Å². The van der Waals surface area contributed by atoms with E-state index in [4.69, 9.17) is 9.47 Å². The molecule has 130 valence electrons. The first-order valence-electron chi connectivity index (χ1n) is 7.84. The van der Waals surface area contributed by atoms with Crippen LogP contribution in [-0.4, -0.2) is 18.9 Å². The maximum absolute atomic E-state index is 13.7. The molecular weight excluding hydrogens is 391 g/mol. The average Bonchev–Trinajstić information content (AvgIpc) is 2.54. The van der Waals surface area contributed by atoms with Gasteiger partial charge in [0.15, 0.2) is 17.2 Å². The summed E-state index contributed by atoms with van der Waals surface area (Å²) >= 11 is 3.46. The molecule has 0 aliphatic carbocycles. The highest BCUT2D eigenvalue weighted by molar-refractivity contribution is 9.10. The molecule has 1 N–H and O–H groups in total. The summed E-state index contributed by atoms with van der Waals surface area (Å²) in [6.45, 7) is 1.83. The summed E-state index contributed by atoms with van der Waals surface area (Å²) in [5.74, 6) is 0.759. The molecule has 5 nitrogen and oxygen atoms in total. The third-order valence-electron chi connectivity index (χ3n) is 4.59. The number of rotatable bonds is 2. The van der Waals surface area contributed by atoms with E-state index >= 15 is 0 Å². The summed E-state index contributed by atoms with van der Waals surface area (Å²) in [7, 11) is 1.57. The number of carbonyl (C=O) groups excluding carboxylic acids is 1. The Labute approximate surface area is 152 Å². The number of benzene rings is 2. The average molecular weight is 407 g/mol. The predicted molar refractivity (Wildman–Crippen MR) is 94.5 cm³/mol. The highest BCUT2D eigenvalue weighted by atomic mass is 79.9. The molecule has 0 saturated carbocycles. The van der Waals surface area contributed by atoms with Crippen LogP contribution in [0.3, 0.4) is 0 Å². The Bertz CT molecular complexity index is 875. The lowest BCUT2D eigenvalue weighted by Gasteiger charge is -2.50. The van der Waals surface area contributed by atoms with Gasteiger partial charge in [0.25, 0.3) is 0 Å². The van der Waals surface area contributed by atoms with Crippen LogP contribution in [-0.2, 0) is 0 Å². The van der Waals surface area contributed by atoms with Gasteiger partial charge in [0, 0.05) is 16.5 Å². The van der Waals surface area contributed by atoms with Gasteiger partial charge in [0.2, 0.25) is 0 Å². The summed E-state index contributed by atoms with van der Waals surface area (Å²) in [6, 6.07) is 9.12. The number of ether oxygens (including phenoxy) is 2. The van der Waals surface area contributed by atoms with Crippen molar-refractivity contribution in [2.75, 3.05) is 12.0 Å². The largest absolute Gasteiger partial charge is 0.493 e. The molecule has 0 spiro atoms. The number of hydrogen-bond donors (Lipinski definition) is 1. The van der Waals surface area contributed by atoms with Crippen LogP contribution in [0.15, 0.2) is 40.9 Å². The van der Waals surface area contributed by atoms with Crippen LogP contribution in [0.4, 0.5) is 14.9 Å². The molecule has 1 saturated heterocycles. The monoisotopic (exact) mass is 406 g/mol. The van der Waals surface area contributed by atoms with Gasteiger partial charge < -0.3 is 14.8 Å². The summed E-state index contributed by atoms with van der Waals surface area (Å²) < 4.78 is 26.2. The number of anilines is 1. The second kappa shape index (κ2) is 5.62. The van der Waals surface area contributed by atoms with Crippen molar-refractivity contribution in [1.82, 2.24) is 5.32 Å². The summed E-state index contributed by atoms with van der Waals surface area (Å²) in [5, 5.41) is 2.98. The smallest absolute Gasteiger partial charge is 0.325 e. The maximum atomic E-state index is 13.7. The molecule has 2 bridgehead atoms.